The van der Waals surface area contributed by atoms with E-state index in [1.807, 2.05) is 0 Å². The first-order valence-corrected chi connectivity index (χ1v) is 5.50. The van der Waals surface area contributed by atoms with Gasteiger partial charge in [0.25, 0.3) is 5.56 Å². The van der Waals surface area contributed by atoms with E-state index in [0.717, 1.165) is 0 Å². The summed E-state index contributed by atoms with van der Waals surface area (Å²) in [4.78, 5) is 22.0. The molecule has 0 amide bonds. The maximum Gasteiger partial charge on any atom is 0.280 e. The van der Waals surface area contributed by atoms with Gasteiger partial charge in [0.1, 0.15) is 0 Å². The minimum atomic E-state index is -0.360. The van der Waals surface area contributed by atoms with Gasteiger partial charge in [-0.25, -0.2) is 4.98 Å². The van der Waals surface area contributed by atoms with Crippen LogP contribution in [0.25, 0.3) is 11.2 Å². The van der Waals surface area contributed by atoms with E-state index in [1.165, 1.54) is 13.4 Å². The van der Waals surface area contributed by atoms with E-state index in [2.05, 4.69) is 15.0 Å². The Labute approximate surface area is 102 Å². The smallest absolute Gasteiger partial charge is 0.280 e. The average Bonchev–Trinajstić information content (AvgIpc) is 2.74. The molecule has 0 saturated carbocycles. The van der Waals surface area contributed by atoms with Crippen molar-refractivity contribution >= 4 is 17.1 Å². The van der Waals surface area contributed by atoms with Crippen LogP contribution in [0.4, 0.5) is 5.95 Å². The second-order valence-corrected chi connectivity index (χ2v) is 3.89. The van der Waals surface area contributed by atoms with Crippen LogP contribution in [-0.2, 0) is 11.3 Å². The fourth-order valence-electron chi connectivity index (χ4n) is 1.70. The van der Waals surface area contributed by atoms with E-state index in [4.69, 9.17) is 15.6 Å². The molecule has 0 radical (unpaired) electrons. The van der Waals surface area contributed by atoms with E-state index in [1.54, 1.807) is 4.57 Å². The van der Waals surface area contributed by atoms with Crippen LogP contribution in [0, 0.1) is 0 Å². The summed E-state index contributed by atoms with van der Waals surface area (Å²) in [6, 6.07) is 0. The molecule has 2 rings (SSSR count). The molecule has 0 aliphatic heterocycles. The van der Waals surface area contributed by atoms with Gasteiger partial charge in [0.05, 0.1) is 19.0 Å². The molecular formula is C10H15N5O3. The Morgan fingerprint density at radius 2 is 2.44 bits per heavy atom. The average molecular weight is 253 g/mol. The number of aliphatic hydroxyl groups is 1. The maximum atomic E-state index is 11.5. The van der Waals surface area contributed by atoms with Crippen LogP contribution in [0.3, 0.4) is 0 Å². The number of fused-ring (bicyclic) bond motifs is 1. The Bertz CT molecular complexity index is 587. The first-order valence-electron chi connectivity index (χ1n) is 5.50. The number of anilines is 1. The van der Waals surface area contributed by atoms with Crippen molar-refractivity contribution in [2.45, 2.75) is 19.1 Å². The lowest BCUT2D eigenvalue weighted by molar-refractivity contribution is 0.0405. The Morgan fingerprint density at radius 3 is 3.11 bits per heavy atom. The number of rotatable bonds is 5. The number of nitrogens with zero attached hydrogens (tertiary/aromatic N) is 3. The van der Waals surface area contributed by atoms with Crippen LogP contribution < -0.4 is 11.3 Å². The number of nitrogens with two attached hydrogens (primary N) is 1. The minimum absolute atomic E-state index is 0.0553. The fourth-order valence-corrected chi connectivity index (χ4v) is 1.70. The Hall–Kier alpha value is -1.93. The third-order valence-corrected chi connectivity index (χ3v) is 2.72. The van der Waals surface area contributed by atoms with E-state index in [-0.39, 0.29) is 29.7 Å². The number of nitrogen functional groups attached to an aromatic ring is 1. The van der Waals surface area contributed by atoms with E-state index < -0.39 is 0 Å². The zero-order chi connectivity index (χ0) is 13.1. The number of H-pyrrole nitrogens is 1. The lowest BCUT2D eigenvalue weighted by Crippen LogP contribution is -2.18. The highest BCUT2D eigenvalue weighted by molar-refractivity contribution is 5.70. The Kier molecular flexibility index (Phi) is 3.58. The van der Waals surface area contributed by atoms with Crippen LogP contribution in [0.1, 0.15) is 6.42 Å². The van der Waals surface area contributed by atoms with E-state index in [0.29, 0.717) is 18.6 Å². The summed E-state index contributed by atoms with van der Waals surface area (Å²) in [5.41, 5.74) is 5.82. The van der Waals surface area contributed by atoms with Crippen LogP contribution in [0.15, 0.2) is 11.1 Å². The van der Waals surface area contributed by atoms with Gasteiger partial charge in [0.15, 0.2) is 11.2 Å². The van der Waals surface area contributed by atoms with Crippen LogP contribution >= 0.6 is 0 Å². The van der Waals surface area contributed by atoms with Gasteiger partial charge in [0, 0.05) is 13.7 Å². The highest BCUT2D eigenvalue weighted by Crippen LogP contribution is 2.08. The first kappa shape index (κ1) is 12.5. The number of aryl methyl sites for hydroxylation is 1. The number of nitrogens with one attached hydrogen (secondary N) is 1. The molecule has 0 spiro atoms. The number of aromatic amines is 1. The SMILES string of the molecule is COC(CO)CCn1cnc2c(=O)[nH]c(N)nc21. The predicted octanol–water partition coefficient (Wildman–Crippen LogP) is -0.901. The van der Waals surface area contributed by atoms with Gasteiger partial charge in [-0.05, 0) is 6.42 Å². The lowest BCUT2D eigenvalue weighted by Gasteiger charge is -2.12. The van der Waals surface area contributed by atoms with Crippen molar-refractivity contribution in [3.05, 3.63) is 16.7 Å². The van der Waals surface area contributed by atoms with Gasteiger partial charge in [-0.1, -0.05) is 0 Å². The molecule has 18 heavy (non-hydrogen) atoms. The largest absolute Gasteiger partial charge is 0.394 e. The molecule has 8 nitrogen and oxygen atoms in total. The normalized spacial score (nSPS) is 13.0. The third kappa shape index (κ3) is 2.34. The molecule has 0 aliphatic carbocycles. The second-order valence-electron chi connectivity index (χ2n) is 3.89. The predicted molar refractivity (Wildman–Crippen MR) is 65.1 cm³/mol. The van der Waals surface area contributed by atoms with Crippen molar-refractivity contribution in [2.24, 2.45) is 0 Å². The molecule has 4 N–H and O–H groups in total. The monoisotopic (exact) mass is 253 g/mol. The number of hydrogen-bond acceptors (Lipinski definition) is 6. The van der Waals surface area contributed by atoms with Crippen molar-refractivity contribution in [3.8, 4) is 0 Å². The van der Waals surface area contributed by atoms with Crippen LogP contribution in [-0.4, -0.2) is 44.4 Å². The number of hydrogen-bond donors (Lipinski definition) is 3. The molecule has 0 saturated heterocycles. The summed E-state index contributed by atoms with van der Waals surface area (Å²) < 4.78 is 6.77. The highest BCUT2D eigenvalue weighted by Gasteiger charge is 2.11. The summed E-state index contributed by atoms with van der Waals surface area (Å²) in [6.45, 7) is 0.477. The molecule has 1 unspecified atom stereocenters. The zero-order valence-electron chi connectivity index (χ0n) is 9.96. The molecule has 0 bridgehead atoms. The number of aliphatic hydroxyl groups excluding tert-OH is 1. The molecule has 1 atom stereocenters. The summed E-state index contributed by atoms with van der Waals surface area (Å²) >= 11 is 0. The summed E-state index contributed by atoms with van der Waals surface area (Å²) in [5.74, 6) is 0.0553. The van der Waals surface area contributed by atoms with E-state index in [9.17, 15) is 4.79 Å². The van der Waals surface area contributed by atoms with Crippen molar-refractivity contribution < 1.29 is 9.84 Å². The van der Waals surface area contributed by atoms with Gasteiger partial charge >= 0.3 is 0 Å². The molecular weight excluding hydrogens is 238 g/mol. The molecule has 98 valence electrons. The zero-order valence-corrected chi connectivity index (χ0v) is 9.96. The lowest BCUT2D eigenvalue weighted by atomic mass is 10.2. The minimum Gasteiger partial charge on any atom is -0.394 e. The van der Waals surface area contributed by atoms with Gasteiger partial charge in [-0.3, -0.25) is 9.78 Å². The van der Waals surface area contributed by atoms with Crippen molar-refractivity contribution in [1.29, 1.82) is 0 Å². The van der Waals surface area contributed by atoms with Crippen LogP contribution in [0.5, 0.6) is 0 Å². The van der Waals surface area contributed by atoms with Crippen molar-refractivity contribution in [3.63, 3.8) is 0 Å². The molecule has 2 aromatic rings. The summed E-state index contributed by atoms with van der Waals surface area (Å²) in [5, 5.41) is 9.02. The fraction of sp³-hybridized carbons (Fsp3) is 0.500. The highest BCUT2D eigenvalue weighted by atomic mass is 16.5. The van der Waals surface area contributed by atoms with Gasteiger partial charge < -0.3 is 20.1 Å². The third-order valence-electron chi connectivity index (χ3n) is 2.72. The second kappa shape index (κ2) is 5.15. The van der Waals surface area contributed by atoms with Gasteiger partial charge in [-0.2, -0.15) is 4.98 Å². The quantitative estimate of drug-likeness (QED) is 0.635. The molecule has 0 aromatic carbocycles. The number of aromatic nitrogens is 4. The van der Waals surface area contributed by atoms with Gasteiger partial charge in [-0.15, -0.1) is 0 Å². The molecule has 8 heteroatoms. The Balaban J connectivity index is 2.27. The maximum absolute atomic E-state index is 11.5. The molecule has 0 fully saturated rings. The summed E-state index contributed by atoms with van der Waals surface area (Å²) in [7, 11) is 1.54. The van der Waals surface area contributed by atoms with E-state index >= 15 is 0 Å². The number of ether oxygens (including phenoxy) is 1. The number of methoxy groups -OCH3 is 1. The number of imidazole rings is 1. The molecule has 2 heterocycles. The molecule has 2 aromatic heterocycles. The van der Waals surface area contributed by atoms with Gasteiger partial charge in [0.2, 0.25) is 5.95 Å². The molecule has 0 aliphatic rings. The van der Waals surface area contributed by atoms with Crippen molar-refractivity contribution in [2.75, 3.05) is 19.5 Å². The Morgan fingerprint density at radius 1 is 1.67 bits per heavy atom. The van der Waals surface area contributed by atoms with Crippen molar-refractivity contribution in [1.82, 2.24) is 19.5 Å². The summed E-state index contributed by atoms with van der Waals surface area (Å²) in [6.07, 6.45) is 1.87. The standard InChI is InChI=1S/C10H15N5O3/c1-18-6(4-16)2-3-15-5-12-7-8(15)13-10(11)14-9(7)17/h5-6,16H,2-4H2,1H3,(H3,11,13,14,17). The first-order chi connectivity index (χ1) is 8.65. The topological polar surface area (TPSA) is 119 Å². The van der Waals surface area contributed by atoms with Crippen LogP contribution in [0.2, 0.25) is 0 Å².